The van der Waals surface area contributed by atoms with Gasteiger partial charge in [0.05, 0.1) is 12.8 Å². The summed E-state index contributed by atoms with van der Waals surface area (Å²) < 4.78 is 0. The number of hydrogen-bond donors (Lipinski definition) is 6. The average molecular weight is 527 g/mol. The fourth-order valence-electron chi connectivity index (χ4n) is 3.50. The molecule has 198 valence electrons. The molecule has 0 bridgehead atoms. The quantitative estimate of drug-likeness (QED) is 0.195. The summed E-state index contributed by atoms with van der Waals surface area (Å²) in [6.07, 6.45) is 1.12. The van der Waals surface area contributed by atoms with Crippen molar-refractivity contribution < 1.29 is 24.3 Å². The molecule has 3 atom stereocenters. The number of carbonyl (C=O) groups excluding carboxylic acids is 3. The van der Waals surface area contributed by atoms with Crippen LogP contribution >= 0.6 is 12.6 Å². The van der Waals surface area contributed by atoms with Gasteiger partial charge in [-0.2, -0.15) is 12.6 Å². The molecule has 2 aromatic rings. The standard InChI is InChI=1S/C27H34N4O5S/c1-3-28-16-21-11-9-20(10-12-21)14-24(32)30-23(15-25(33)34)27(36)31-22(26(35)29-18(2)17-37)13-19-7-5-4-6-8-19/h3-12,18,22-23,28,37H,1,13-17H2,2H3,(H,29,35)(H,30,32)(H,31,36)(H,33,34)/t18-,22+,23+/m1/s1. The minimum atomic E-state index is -1.35. The highest BCUT2D eigenvalue weighted by Crippen LogP contribution is 2.08. The SMILES string of the molecule is C=CNCc1ccc(CC(=O)N[C@@H](CC(=O)O)C(=O)N[C@@H](Cc2ccccc2)C(=O)N[C@H](C)CS)cc1. The van der Waals surface area contributed by atoms with Gasteiger partial charge in [-0.1, -0.05) is 61.2 Å². The predicted octanol–water partition coefficient (Wildman–Crippen LogP) is 1.58. The molecule has 37 heavy (non-hydrogen) atoms. The first kappa shape index (κ1) is 29.4. The van der Waals surface area contributed by atoms with Gasteiger partial charge in [-0.15, -0.1) is 0 Å². The van der Waals surface area contributed by atoms with Gasteiger partial charge in [-0.25, -0.2) is 0 Å². The number of rotatable bonds is 15. The maximum absolute atomic E-state index is 13.1. The van der Waals surface area contributed by atoms with E-state index in [0.717, 1.165) is 11.1 Å². The van der Waals surface area contributed by atoms with Crippen molar-refractivity contribution in [2.24, 2.45) is 0 Å². The van der Waals surface area contributed by atoms with Crippen LogP contribution in [0.5, 0.6) is 0 Å². The second kappa shape index (κ2) is 15.4. The van der Waals surface area contributed by atoms with Gasteiger partial charge in [0.2, 0.25) is 17.7 Å². The number of amides is 3. The fraction of sp³-hybridized carbons (Fsp3) is 0.333. The van der Waals surface area contributed by atoms with Crippen molar-refractivity contribution in [3.8, 4) is 0 Å². The topological polar surface area (TPSA) is 137 Å². The Balaban J connectivity index is 2.10. The van der Waals surface area contributed by atoms with Gasteiger partial charge in [0.1, 0.15) is 12.1 Å². The number of carboxylic acid groups (broad SMARTS) is 1. The van der Waals surface area contributed by atoms with E-state index in [-0.39, 0.29) is 18.9 Å². The summed E-state index contributed by atoms with van der Waals surface area (Å²) in [5.74, 6) is -2.54. The number of nitrogens with one attached hydrogen (secondary N) is 4. The van der Waals surface area contributed by atoms with E-state index in [2.05, 4.69) is 40.5 Å². The Bertz CT molecular complexity index is 1060. The van der Waals surface area contributed by atoms with Gasteiger partial charge in [0, 0.05) is 24.8 Å². The minimum absolute atomic E-state index is 0.0358. The Morgan fingerprint density at radius 2 is 1.51 bits per heavy atom. The number of thiol groups is 1. The summed E-state index contributed by atoms with van der Waals surface area (Å²) in [5, 5.41) is 20.2. The van der Waals surface area contributed by atoms with Gasteiger partial charge in [0.15, 0.2) is 0 Å². The summed E-state index contributed by atoms with van der Waals surface area (Å²) in [5.41, 5.74) is 2.52. The third kappa shape index (κ3) is 10.8. The van der Waals surface area contributed by atoms with E-state index in [1.165, 1.54) is 0 Å². The molecule has 0 spiro atoms. The first-order chi connectivity index (χ1) is 17.7. The first-order valence-electron chi connectivity index (χ1n) is 11.9. The van der Waals surface area contributed by atoms with E-state index in [1.807, 2.05) is 42.5 Å². The van der Waals surface area contributed by atoms with Gasteiger partial charge >= 0.3 is 5.97 Å². The highest BCUT2D eigenvalue weighted by molar-refractivity contribution is 7.80. The summed E-state index contributed by atoms with van der Waals surface area (Å²) >= 11 is 4.17. The van der Waals surface area contributed by atoms with Crippen LogP contribution in [-0.2, 0) is 38.6 Å². The minimum Gasteiger partial charge on any atom is -0.481 e. The van der Waals surface area contributed by atoms with Crippen LogP contribution in [0.1, 0.15) is 30.0 Å². The Hall–Kier alpha value is -3.79. The lowest BCUT2D eigenvalue weighted by Gasteiger charge is -2.24. The molecule has 0 heterocycles. The maximum Gasteiger partial charge on any atom is 0.305 e. The van der Waals surface area contributed by atoms with Crippen LogP contribution in [0, 0.1) is 0 Å². The molecule has 0 aliphatic carbocycles. The lowest BCUT2D eigenvalue weighted by Crippen LogP contribution is -2.56. The van der Waals surface area contributed by atoms with Crippen molar-refractivity contribution in [1.29, 1.82) is 0 Å². The van der Waals surface area contributed by atoms with Crippen LogP contribution in [0.2, 0.25) is 0 Å². The number of benzene rings is 2. The molecule has 0 aromatic heterocycles. The Morgan fingerprint density at radius 1 is 0.892 bits per heavy atom. The second-order valence-electron chi connectivity index (χ2n) is 8.64. The van der Waals surface area contributed by atoms with Crippen molar-refractivity contribution in [1.82, 2.24) is 21.3 Å². The molecule has 2 rings (SSSR count). The molecular weight excluding hydrogens is 492 g/mol. The predicted molar refractivity (Wildman–Crippen MR) is 145 cm³/mol. The summed E-state index contributed by atoms with van der Waals surface area (Å²) in [4.78, 5) is 50.1. The fourth-order valence-corrected chi connectivity index (χ4v) is 3.59. The van der Waals surface area contributed by atoms with Gasteiger partial charge < -0.3 is 26.4 Å². The molecular formula is C27H34N4O5S. The molecule has 3 amide bonds. The number of carboxylic acids is 1. The molecule has 0 saturated carbocycles. The lowest BCUT2D eigenvalue weighted by molar-refractivity contribution is -0.141. The Labute approximate surface area is 222 Å². The lowest BCUT2D eigenvalue weighted by atomic mass is 10.0. The van der Waals surface area contributed by atoms with Crippen LogP contribution in [0.3, 0.4) is 0 Å². The smallest absolute Gasteiger partial charge is 0.305 e. The van der Waals surface area contributed by atoms with Crippen LogP contribution in [0.15, 0.2) is 67.4 Å². The summed E-state index contributed by atoms with van der Waals surface area (Å²) in [7, 11) is 0. The molecule has 0 aliphatic heterocycles. The summed E-state index contributed by atoms with van der Waals surface area (Å²) in [6, 6.07) is 13.9. The van der Waals surface area contributed by atoms with Crippen LogP contribution < -0.4 is 21.3 Å². The van der Waals surface area contributed by atoms with E-state index >= 15 is 0 Å². The number of carbonyl (C=O) groups is 4. The van der Waals surface area contributed by atoms with E-state index in [4.69, 9.17) is 0 Å². The maximum atomic E-state index is 13.1. The molecule has 10 heteroatoms. The van der Waals surface area contributed by atoms with E-state index in [9.17, 15) is 24.3 Å². The molecule has 0 saturated heterocycles. The van der Waals surface area contributed by atoms with Crippen molar-refractivity contribution in [3.05, 3.63) is 84.1 Å². The van der Waals surface area contributed by atoms with Crippen molar-refractivity contribution in [2.75, 3.05) is 5.75 Å². The van der Waals surface area contributed by atoms with Crippen LogP contribution in [-0.4, -0.2) is 52.7 Å². The largest absolute Gasteiger partial charge is 0.481 e. The van der Waals surface area contributed by atoms with E-state index in [0.29, 0.717) is 17.9 Å². The molecule has 2 aromatic carbocycles. The first-order valence-corrected chi connectivity index (χ1v) is 12.5. The van der Waals surface area contributed by atoms with E-state index < -0.39 is 42.2 Å². The molecule has 0 radical (unpaired) electrons. The Morgan fingerprint density at radius 3 is 2.11 bits per heavy atom. The Kier molecular flexibility index (Phi) is 12.2. The average Bonchev–Trinajstić information content (AvgIpc) is 2.87. The molecule has 0 aliphatic rings. The van der Waals surface area contributed by atoms with Crippen LogP contribution in [0.25, 0.3) is 0 Å². The second-order valence-corrected chi connectivity index (χ2v) is 9.00. The normalized spacial score (nSPS) is 12.9. The number of hydrogen-bond acceptors (Lipinski definition) is 6. The van der Waals surface area contributed by atoms with Crippen molar-refractivity contribution in [3.63, 3.8) is 0 Å². The third-order valence-corrected chi connectivity index (χ3v) is 5.99. The zero-order valence-electron chi connectivity index (χ0n) is 20.8. The highest BCUT2D eigenvalue weighted by Gasteiger charge is 2.29. The highest BCUT2D eigenvalue weighted by atomic mass is 32.1. The summed E-state index contributed by atoms with van der Waals surface area (Å²) in [6.45, 7) is 5.97. The van der Waals surface area contributed by atoms with Gasteiger partial charge in [0.25, 0.3) is 0 Å². The van der Waals surface area contributed by atoms with Crippen LogP contribution in [0.4, 0.5) is 0 Å². The zero-order valence-corrected chi connectivity index (χ0v) is 21.7. The molecule has 0 fully saturated rings. The van der Waals surface area contributed by atoms with Gasteiger partial charge in [-0.3, -0.25) is 19.2 Å². The zero-order chi connectivity index (χ0) is 27.2. The van der Waals surface area contributed by atoms with E-state index in [1.54, 1.807) is 25.3 Å². The van der Waals surface area contributed by atoms with Gasteiger partial charge in [-0.05, 0) is 29.8 Å². The third-order valence-electron chi connectivity index (χ3n) is 5.45. The van der Waals surface area contributed by atoms with Crippen molar-refractivity contribution in [2.45, 2.75) is 50.9 Å². The van der Waals surface area contributed by atoms with Crippen molar-refractivity contribution >= 4 is 36.3 Å². The monoisotopic (exact) mass is 526 g/mol. The molecule has 9 nitrogen and oxygen atoms in total. The molecule has 0 unspecified atom stereocenters. The molecule has 5 N–H and O–H groups in total. The number of aliphatic carboxylic acids is 1.